The minimum atomic E-state index is -0.252. The van der Waals surface area contributed by atoms with E-state index in [1.54, 1.807) is 0 Å². The van der Waals surface area contributed by atoms with Crippen LogP contribution in [0.1, 0.15) is 13.8 Å². The van der Waals surface area contributed by atoms with E-state index >= 15 is 0 Å². The van der Waals surface area contributed by atoms with E-state index in [-0.39, 0.29) is 11.9 Å². The first-order valence-electron chi connectivity index (χ1n) is 4.94. The molecule has 4 nitrogen and oxygen atoms in total. The molecule has 1 saturated heterocycles. The van der Waals surface area contributed by atoms with Gasteiger partial charge in [0.15, 0.2) is 0 Å². The lowest BCUT2D eigenvalue weighted by molar-refractivity contribution is -0.146. The first-order chi connectivity index (χ1) is 7.09. The molecule has 1 fully saturated rings. The van der Waals surface area contributed by atoms with Crippen molar-refractivity contribution in [2.75, 3.05) is 24.7 Å². The molecule has 5 heteroatoms. The van der Waals surface area contributed by atoms with Gasteiger partial charge in [-0.3, -0.25) is 9.59 Å². The van der Waals surface area contributed by atoms with Crippen LogP contribution in [0.25, 0.3) is 0 Å². The predicted octanol–water partition coefficient (Wildman–Crippen LogP) is 1.09. The Balaban J connectivity index is 2.29. The van der Waals surface area contributed by atoms with Gasteiger partial charge in [0.05, 0.1) is 13.2 Å². The Morgan fingerprint density at radius 2 is 1.47 bits per heavy atom. The second-order valence-corrected chi connectivity index (χ2v) is 4.74. The summed E-state index contributed by atoms with van der Waals surface area (Å²) in [6, 6.07) is 0. The van der Waals surface area contributed by atoms with Crippen LogP contribution in [-0.4, -0.2) is 36.7 Å². The fraction of sp³-hybridized carbons (Fsp3) is 0.800. The molecule has 86 valence electrons. The van der Waals surface area contributed by atoms with Crippen molar-refractivity contribution in [3.05, 3.63) is 0 Å². The molecule has 1 aliphatic rings. The Labute approximate surface area is 93.7 Å². The van der Waals surface area contributed by atoms with Crippen LogP contribution in [0.2, 0.25) is 0 Å². The molecule has 0 aromatic rings. The van der Waals surface area contributed by atoms with Crippen LogP contribution in [0.3, 0.4) is 0 Å². The fourth-order valence-electron chi connectivity index (χ4n) is 1.46. The summed E-state index contributed by atoms with van der Waals surface area (Å²) in [5.41, 5.74) is 0. The Morgan fingerprint density at radius 1 is 1.07 bits per heavy atom. The summed E-state index contributed by atoms with van der Waals surface area (Å²) in [5.74, 6) is 2.08. The lowest BCUT2D eigenvalue weighted by Gasteiger charge is -2.17. The van der Waals surface area contributed by atoms with Crippen molar-refractivity contribution >= 4 is 23.7 Å². The van der Waals surface area contributed by atoms with Gasteiger partial charge in [-0.1, -0.05) is 0 Å². The number of hydrogen-bond donors (Lipinski definition) is 0. The number of carbonyl (C=O) groups excluding carboxylic acids is 2. The lowest BCUT2D eigenvalue weighted by atomic mass is 9.98. The minimum Gasteiger partial charge on any atom is -0.466 e. The summed E-state index contributed by atoms with van der Waals surface area (Å²) in [7, 11) is 0. The number of esters is 2. The first kappa shape index (κ1) is 12.4. The molecule has 0 radical (unpaired) electrons. The molecule has 0 N–H and O–H groups in total. The van der Waals surface area contributed by atoms with Crippen LogP contribution < -0.4 is 0 Å². The Kier molecular flexibility index (Phi) is 4.94. The van der Waals surface area contributed by atoms with E-state index in [4.69, 9.17) is 9.47 Å². The van der Waals surface area contributed by atoms with Gasteiger partial charge in [-0.15, -0.1) is 0 Å². The molecule has 0 aromatic carbocycles. The quantitative estimate of drug-likeness (QED) is 0.679. The molecule has 1 heterocycles. The maximum absolute atomic E-state index is 10.7. The van der Waals surface area contributed by atoms with E-state index < -0.39 is 0 Å². The van der Waals surface area contributed by atoms with Gasteiger partial charge in [-0.25, -0.2) is 0 Å². The van der Waals surface area contributed by atoms with Crippen molar-refractivity contribution in [2.24, 2.45) is 11.8 Å². The molecule has 0 saturated carbocycles. The monoisotopic (exact) mass is 232 g/mol. The Bertz CT molecular complexity index is 218. The van der Waals surface area contributed by atoms with Gasteiger partial charge in [-0.05, 0) is 11.5 Å². The summed E-state index contributed by atoms with van der Waals surface area (Å²) in [6.45, 7) is 3.69. The van der Waals surface area contributed by atoms with Crippen molar-refractivity contribution in [1.82, 2.24) is 0 Å². The number of thioether (sulfide) groups is 1. The third-order valence-electron chi connectivity index (χ3n) is 2.33. The molecule has 15 heavy (non-hydrogen) atoms. The number of ether oxygens (including phenoxy) is 2. The molecular formula is C10H16O4S. The Hall–Kier alpha value is -0.710. The number of carbonyl (C=O) groups is 2. The zero-order valence-corrected chi connectivity index (χ0v) is 9.84. The molecule has 0 spiro atoms. The van der Waals surface area contributed by atoms with E-state index in [9.17, 15) is 9.59 Å². The summed E-state index contributed by atoms with van der Waals surface area (Å²) in [5, 5.41) is 0. The molecule has 0 bridgehead atoms. The minimum absolute atomic E-state index is 0.252. The fourth-order valence-corrected chi connectivity index (χ4v) is 2.94. The average molecular weight is 232 g/mol. The second kappa shape index (κ2) is 6.00. The van der Waals surface area contributed by atoms with Crippen LogP contribution in [0.5, 0.6) is 0 Å². The van der Waals surface area contributed by atoms with E-state index in [1.807, 2.05) is 11.8 Å². The molecule has 1 rings (SSSR count). The molecule has 2 unspecified atom stereocenters. The van der Waals surface area contributed by atoms with E-state index in [0.29, 0.717) is 25.0 Å². The normalized spacial score (nSPS) is 24.9. The maximum Gasteiger partial charge on any atom is 0.302 e. The highest BCUT2D eigenvalue weighted by molar-refractivity contribution is 7.99. The van der Waals surface area contributed by atoms with Crippen molar-refractivity contribution in [3.63, 3.8) is 0 Å². The van der Waals surface area contributed by atoms with Crippen LogP contribution in [-0.2, 0) is 19.1 Å². The highest BCUT2D eigenvalue weighted by atomic mass is 32.2. The van der Waals surface area contributed by atoms with Gasteiger partial charge < -0.3 is 9.47 Å². The molecular weight excluding hydrogens is 216 g/mol. The van der Waals surface area contributed by atoms with Crippen molar-refractivity contribution in [1.29, 1.82) is 0 Å². The molecule has 2 atom stereocenters. The molecule has 0 aromatic heterocycles. The average Bonchev–Trinajstić information content (AvgIpc) is 2.58. The summed E-state index contributed by atoms with van der Waals surface area (Å²) in [4.78, 5) is 21.3. The van der Waals surface area contributed by atoms with Gasteiger partial charge in [0.2, 0.25) is 0 Å². The van der Waals surface area contributed by atoms with E-state index in [0.717, 1.165) is 11.5 Å². The number of rotatable bonds is 4. The third kappa shape index (κ3) is 4.55. The zero-order valence-electron chi connectivity index (χ0n) is 9.02. The topological polar surface area (TPSA) is 52.6 Å². The lowest BCUT2D eigenvalue weighted by Crippen LogP contribution is -2.24. The van der Waals surface area contributed by atoms with Crippen LogP contribution >= 0.6 is 11.8 Å². The van der Waals surface area contributed by atoms with Gasteiger partial charge in [0, 0.05) is 25.7 Å². The second-order valence-electron chi connectivity index (χ2n) is 3.66. The summed E-state index contributed by atoms with van der Waals surface area (Å²) in [6.07, 6.45) is 0. The maximum atomic E-state index is 10.7. The third-order valence-corrected chi connectivity index (χ3v) is 3.66. The van der Waals surface area contributed by atoms with Crippen LogP contribution in [0.4, 0.5) is 0 Å². The van der Waals surface area contributed by atoms with Crippen molar-refractivity contribution in [3.8, 4) is 0 Å². The van der Waals surface area contributed by atoms with E-state index in [2.05, 4.69) is 0 Å². The summed E-state index contributed by atoms with van der Waals surface area (Å²) >= 11 is 1.81. The zero-order chi connectivity index (χ0) is 11.3. The van der Waals surface area contributed by atoms with E-state index in [1.165, 1.54) is 13.8 Å². The Morgan fingerprint density at radius 3 is 1.80 bits per heavy atom. The number of hydrogen-bond acceptors (Lipinski definition) is 5. The highest BCUT2D eigenvalue weighted by Crippen LogP contribution is 2.30. The predicted molar refractivity (Wildman–Crippen MR) is 57.6 cm³/mol. The SMILES string of the molecule is CC(=O)OCC1CSCC1COC(C)=O. The first-order valence-corrected chi connectivity index (χ1v) is 6.09. The molecule has 0 aliphatic carbocycles. The van der Waals surface area contributed by atoms with Crippen LogP contribution in [0.15, 0.2) is 0 Å². The molecule has 1 aliphatic heterocycles. The van der Waals surface area contributed by atoms with Gasteiger partial charge in [0.25, 0.3) is 0 Å². The highest BCUT2D eigenvalue weighted by Gasteiger charge is 2.29. The molecule has 0 amide bonds. The summed E-state index contributed by atoms with van der Waals surface area (Å²) < 4.78 is 9.94. The van der Waals surface area contributed by atoms with Crippen LogP contribution in [0, 0.1) is 11.8 Å². The van der Waals surface area contributed by atoms with Crippen molar-refractivity contribution in [2.45, 2.75) is 13.8 Å². The standard InChI is InChI=1S/C10H16O4S/c1-7(11)13-3-9-5-15-6-10(9)4-14-8(2)12/h9-10H,3-6H2,1-2H3. The van der Waals surface area contributed by atoms with Gasteiger partial charge >= 0.3 is 11.9 Å². The largest absolute Gasteiger partial charge is 0.466 e. The van der Waals surface area contributed by atoms with Gasteiger partial charge in [0.1, 0.15) is 0 Å². The van der Waals surface area contributed by atoms with Crippen molar-refractivity contribution < 1.29 is 19.1 Å². The smallest absolute Gasteiger partial charge is 0.302 e. The van der Waals surface area contributed by atoms with Gasteiger partial charge in [-0.2, -0.15) is 11.8 Å².